The highest BCUT2D eigenvalue weighted by atomic mass is 16.5. The van der Waals surface area contributed by atoms with Gasteiger partial charge >= 0.3 is 5.63 Å². The molecule has 0 saturated carbocycles. The molecule has 148 valence electrons. The molecule has 8 nitrogen and oxygen atoms in total. The van der Waals surface area contributed by atoms with Crippen molar-refractivity contribution >= 4 is 16.8 Å². The predicted octanol–water partition coefficient (Wildman–Crippen LogP) is 2.87. The number of carbonyl (C=O) groups excluding carboxylic acids is 1. The lowest BCUT2D eigenvalue weighted by atomic mass is 10.1. The number of hydrogen-bond donors (Lipinski definition) is 1. The number of rotatable bonds is 6. The average Bonchev–Trinajstić information content (AvgIpc) is 3.35. The summed E-state index contributed by atoms with van der Waals surface area (Å²) in [7, 11) is 1.57. The second-order valence-electron chi connectivity index (χ2n) is 6.93. The zero-order valence-corrected chi connectivity index (χ0v) is 16.1. The van der Waals surface area contributed by atoms with Gasteiger partial charge in [-0.2, -0.15) is 4.98 Å². The molecule has 0 aliphatic heterocycles. The van der Waals surface area contributed by atoms with Gasteiger partial charge in [0.25, 0.3) is 5.91 Å². The minimum absolute atomic E-state index is 0.0202. The first-order chi connectivity index (χ1) is 14.0. The van der Waals surface area contributed by atoms with Crippen molar-refractivity contribution in [2.45, 2.75) is 26.3 Å². The normalized spacial score (nSPS) is 11.1. The summed E-state index contributed by atoms with van der Waals surface area (Å²) >= 11 is 0. The van der Waals surface area contributed by atoms with Crippen LogP contribution >= 0.6 is 0 Å². The Hall–Kier alpha value is -3.68. The molecule has 3 heterocycles. The SMILES string of the molecule is Cc1cc(CCc2c[nH]c3ccccc23)oc(=O)c1C(=O)N(C)Cc1ncon1. The molecule has 0 saturated heterocycles. The molecule has 0 spiro atoms. The fraction of sp³-hybridized carbons (Fsp3) is 0.238. The Morgan fingerprint density at radius 3 is 2.83 bits per heavy atom. The van der Waals surface area contributed by atoms with Crippen molar-refractivity contribution < 1.29 is 13.7 Å². The van der Waals surface area contributed by atoms with E-state index in [0.29, 0.717) is 23.6 Å². The van der Waals surface area contributed by atoms with Crippen LogP contribution in [0.25, 0.3) is 10.9 Å². The summed E-state index contributed by atoms with van der Waals surface area (Å²) < 4.78 is 10.1. The number of nitrogens with zero attached hydrogens (tertiary/aromatic N) is 3. The standard InChI is InChI=1S/C21H20N4O4/c1-13-9-15(8-7-14-10-22-17-6-4-3-5-16(14)17)29-21(27)19(13)20(26)25(2)11-18-23-12-28-24-18/h3-6,9-10,12,22H,7-8,11H2,1-2H3. The van der Waals surface area contributed by atoms with Crippen LogP contribution in [0.1, 0.15) is 33.1 Å². The third-order valence-corrected chi connectivity index (χ3v) is 4.86. The van der Waals surface area contributed by atoms with Crippen LogP contribution in [0, 0.1) is 6.92 Å². The van der Waals surface area contributed by atoms with Gasteiger partial charge in [-0.25, -0.2) is 4.79 Å². The molecular weight excluding hydrogens is 372 g/mol. The molecule has 8 heteroatoms. The second-order valence-corrected chi connectivity index (χ2v) is 6.93. The monoisotopic (exact) mass is 392 g/mol. The van der Waals surface area contributed by atoms with Gasteiger partial charge in [0.05, 0.1) is 6.54 Å². The van der Waals surface area contributed by atoms with E-state index in [9.17, 15) is 9.59 Å². The number of benzene rings is 1. The predicted molar refractivity (Wildman–Crippen MR) is 106 cm³/mol. The van der Waals surface area contributed by atoms with E-state index in [2.05, 4.69) is 25.7 Å². The number of aromatic amines is 1. The Bertz CT molecular complexity index is 1210. The summed E-state index contributed by atoms with van der Waals surface area (Å²) in [5, 5.41) is 4.83. The Morgan fingerprint density at radius 1 is 1.24 bits per heavy atom. The summed E-state index contributed by atoms with van der Waals surface area (Å²) in [5.41, 5.74) is 2.20. The number of para-hydroxylation sites is 1. The van der Waals surface area contributed by atoms with E-state index < -0.39 is 11.5 Å². The second kappa shape index (κ2) is 7.75. The van der Waals surface area contributed by atoms with E-state index in [-0.39, 0.29) is 12.1 Å². The Labute approximate surface area is 166 Å². The molecule has 0 atom stereocenters. The molecule has 29 heavy (non-hydrogen) atoms. The van der Waals surface area contributed by atoms with Gasteiger partial charge in [-0.3, -0.25) is 4.79 Å². The summed E-state index contributed by atoms with van der Waals surface area (Å²) in [6.45, 7) is 1.87. The van der Waals surface area contributed by atoms with Crippen LogP contribution in [0.5, 0.6) is 0 Å². The third kappa shape index (κ3) is 3.82. The maximum atomic E-state index is 12.7. The first-order valence-corrected chi connectivity index (χ1v) is 9.22. The Kier molecular flexibility index (Phi) is 4.99. The Morgan fingerprint density at radius 2 is 2.07 bits per heavy atom. The molecule has 0 radical (unpaired) electrons. The van der Waals surface area contributed by atoms with Crippen LogP contribution in [0.15, 0.2) is 56.7 Å². The van der Waals surface area contributed by atoms with Crippen molar-refractivity contribution in [3.63, 3.8) is 0 Å². The van der Waals surface area contributed by atoms with Crippen LogP contribution in [-0.4, -0.2) is 33.0 Å². The minimum Gasteiger partial charge on any atom is -0.427 e. The van der Waals surface area contributed by atoms with E-state index in [1.165, 1.54) is 11.3 Å². The molecule has 1 amide bonds. The van der Waals surface area contributed by atoms with Crippen molar-refractivity contribution in [2.75, 3.05) is 7.05 Å². The number of fused-ring (bicyclic) bond motifs is 1. The van der Waals surface area contributed by atoms with Gasteiger partial charge in [0.1, 0.15) is 11.3 Å². The highest BCUT2D eigenvalue weighted by Gasteiger charge is 2.21. The molecular formula is C21H20N4O4. The minimum atomic E-state index is -0.635. The summed E-state index contributed by atoms with van der Waals surface area (Å²) in [5.74, 6) is 0.470. The molecule has 0 aliphatic rings. The van der Waals surface area contributed by atoms with Gasteiger partial charge in [0, 0.05) is 30.6 Å². The molecule has 0 aliphatic carbocycles. The lowest BCUT2D eigenvalue weighted by Gasteiger charge is -2.15. The summed E-state index contributed by atoms with van der Waals surface area (Å²) in [6.07, 6.45) is 4.44. The molecule has 3 aromatic heterocycles. The molecule has 4 rings (SSSR count). The lowest BCUT2D eigenvalue weighted by Crippen LogP contribution is -2.31. The number of aryl methyl sites for hydroxylation is 3. The van der Waals surface area contributed by atoms with Gasteiger partial charge in [0.2, 0.25) is 6.39 Å². The van der Waals surface area contributed by atoms with Gasteiger partial charge in [0.15, 0.2) is 5.82 Å². The van der Waals surface area contributed by atoms with Gasteiger partial charge < -0.3 is 18.8 Å². The topological polar surface area (TPSA) is 105 Å². The van der Waals surface area contributed by atoms with Crippen molar-refractivity contribution in [1.82, 2.24) is 20.0 Å². The number of aromatic nitrogens is 3. The van der Waals surface area contributed by atoms with Crippen molar-refractivity contribution in [3.8, 4) is 0 Å². The first kappa shape index (κ1) is 18.7. The van der Waals surface area contributed by atoms with Crippen LogP contribution in [0.4, 0.5) is 0 Å². The fourth-order valence-electron chi connectivity index (χ4n) is 3.39. The van der Waals surface area contributed by atoms with E-state index in [1.54, 1.807) is 20.0 Å². The third-order valence-electron chi connectivity index (χ3n) is 4.86. The molecule has 1 aromatic carbocycles. The molecule has 0 bridgehead atoms. The van der Waals surface area contributed by atoms with E-state index in [0.717, 1.165) is 22.9 Å². The van der Waals surface area contributed by atoms with Crippen molar-refractivity contribution in [1.29, 1.82) is 0 Å². The molecule has 0 fully saturated rings. The van der Waals surface area contributed by atoms with Gasteiger partial charge in [-0.15, -0.1) is 0 Å². The molecule has 0 unspecified atom stereocenters. The quantitative estimate of drug-likeness (QED) is 0.541. The smallest absolute Gasteiger partial charge is 0.349 e. The van der Waals surface area contributed by atoms with Crippen molar-refractivity contribution in [3.05, 3.63) is 81.6 Å². The highest BCUT2D eigenvalue weighted by Crippen LogP contribution is 2.20. The van der Waals surface area contributed by atoms with E-state index in [4.69, 9.17) is 4.42 Å². The van der Waals surface area contributed by atoms with Crippen LogP contribution in [-0.2, 0) is 19.4 Å². The van der Waals surface area contributed by atoms with E-state index >= 15 is 0 Å². The van der Waals surface area contributed by atoms with Gasteiger partial charge in [-0.1, -0.05) is 23.4 Å². The number of amides is 1. The highest BCUT2D eigenvalue weighted by molar-refractivity contribution is 5.94. The largest absolute Gasteiger partial charge is 0.427 e. The van der Waals surface area contributed by atoms with Crippen LogP contribution in [0.3, 0.4) is 0 Å². The summed E-state index contributed by atoms with van der Waals surface area (Å²) in [6, 6.07) is 9.82. The molecule has 1 N–H and O–H groups in total. The zero-order chi connectivity index (χ0) is 20.4. The number of H-pyrrole nitrogens is 1. The fourth-order valence-corrected chi connectivity index (χ4v) is 3.39. The number of hydrogen-bond acceptors (Lipinski definition) is 6. The van der Waals surface area contributed by atoms with Crippen LogP contribution < -0.4 is 5.63 Å². The average molecular weight is 392 g/mol. The summed E-state index contributed by atoms with van der Waals surface area (Å²) in [4.78, 5) is 33.7. The zero-order valence-electron chi connectivity index (χ0n) is 16.1. The van der Waals surface area contributed by atoms with E-state index in [1.807, 2.05) is 24.4 Å². The Balaban J connectivity index is 1.51. The lowest BCUT2D eigenvalue weighted by molar-refractivity contribution is 0.0774. The van der Waals surface area contributed by atoms with Crippen molar-refractivity contribution in [2.24, 2.45) is 0 Å². The van der Waals surface area contributed by atoms with Crippen LogP contribution in [0.2, 0.25) is 0 Å². The number of nitrogens with one attached hydrogen (secondary N) is 1. The molecule has 4 aromatic rings. The van der Waals surface area contributed by atoms with Gasteiger partial charge in [-0.05, 0) is 36.6 Å². The first-order valence-electron chi connectivity index (χ1n) is 9.22. The maximum Gasteiger partial charge on any atom is 0.349 e. The number of carbonyl (C=O) groups is 1. The maximum absolute atomic E-state index is 12.7.